The van der Waals surface area contributed by atoms with Crippen LogP contribution >= 0.6 is 22.9 Å². The summed E-state index contributed by atoms with van der Waals surface area (Å²) in [6.45, 7) is 1.65. The molecular weight excluding hydrogens is 362 g/mol. The molecule has 2 aliphatic heterocycles. The summed E-state index contributed by atoms with van der Waals surface area (Å²) in [7, 11) is -3.54. The maximum absolute atomic E-state index is 12.5. The highest BCUT2D eigenvalue weighted by molar-refractivity contribution is 7.91. The summed E-state index contributed by atoms with van der Waals surface area (Å²) < 4.78 is 27.1. The van der Waals surface area contributed by atoms with Gasteiger partial charge < -0.3 is 15.3 Å². The molecule has 2 fully saturated rings. The number of carbonyl (C=O) groups excluding carboxylic acids is 1. The first-order valence-electron chi connectivity index (χ1n) is 7.33. The van der Waals surface area contributed by atoms with Crippen molar-refractivity contribution < 1.29 is 18.3 Å². The molecule has 2 atom stereocenters. The van der Waals surface area contributed by atoms with Crippen molar-refractivity contribution in [2.24, 2.45) is 0 Å². The minimum Gasteiger partial charge on any atom is -0.392 e. The predicted octanol–water partition coefficient (Wildman–Crippen LogP) is -0.0428. The molecule has 23 heavy (non-hydrogen) atoms. The lowest BCUT2D eigenvalue weighted by molar-refractivity contribution is -0.134. The first-order valence-corrected chi connectivity index (χ1v) is 9.97. The molecule has 0 saturated carbocycles. The molecule has 1 aromatic rings. The number of sulfonamides is 1. The minimum atomic E-state index is -3.54. The first-order chi connectivity index (χ1) is 10.9. The van der Waals surface area contributed by atoms with E-state index < -0.39 is 16.1 Å². The van der Waals surface area contributed by atoms with Crippen LogP contribution in [0.5, 0.6) is 0 Å². The average Bonchev–Trinajstić information content (AvgIpc) is 3.15. The number of hydrogen-bond donors (Lipinski definition) is 2. The molecule has 3 heterocycles. The van der Waals surface area contributed by atoms with E-state index in [1.807, 2.05) is 0 Å². The molecule has 0 aromatic carbocycles. The molecule has 1 amide bonds. The fourth-order valence-electron chi connectivity index (χ4n) is 2.84. The van der Waals surface area contributed by atoms with Crippen molar-refractivity contribution in [3.05, 3.63) is 16.5 Å². The van der Waals surface area contributed by atoms with Gasteiger partial charge in [0, 0.05) is 32.7 Å². The van der Waals surface area contributed by atoms with Crippen molar-refractivity contribution in [1.29, 1.82) is 0 Å². The Hall–Kier alpha value is -0.710. The van der Waals surface area contributed by atoms with Crippen LogP contribution in [0, 0.1) is 0 Å². The highest BCUT2D eigenvalue weighted by Crippen LogP contribution is 2.28. The normalized spacial score (nSPS) is 26.6. The van der Waals surface area contributed by atoms with E-state index in [2.05, 4.69) is 5.32 Å². The van der Waals surface area contributed by atoms with Crippen LogP contribution in [0.15, 0.2) is 16.3 Å². The molecule has 3 rings (SSSR count). The van der Waals surface area contributed by atoms with Crippen molar-refractivity contribution in [2.45, 2.75) is 22.8 Å². The number of piperazine rings is 1. The number of aliphatic hydroxyl groups is 1. The number of aliphatic hydroxyl groups excluding tert-OH is 1. The van der Waals surface area contributed by atoms with Gasteiger partial charge in [-0.2, -0.15) is 4.31 Å². The van der Waals surface area contributed by atoms with Crippen molar-refractivity contribution in [1.82, 2.24) is 14.5 Å². The molecule has 0 aliphatic carbocycles. The number of carbonyl (C=O) groups is 1. The Morgan fingerprint density at radius 1 is 1.30 bits per heavy atom. The quantitative estimate of drug-likeness (QED) is 0.769. The number of nitrogens with zero attached hydrogens (tertiary/aromatic N) is 2. The zero-order valence-electron chi connectivity index (χ0n) is 12.3. The molecule has 2 N–H and O–H groups in total. The van der Waals surface area contributed by atoms with Gasteiger partial charge in [-0.25, -0.2) is 8.42 Å². The van der Waals surface area contributed by atoms with E-state index in [4.69, 9.17) is 11.6 Å². The largest absolute Gasteiger partial charge is 0.392 e. The summed E-state index contributed by atoms with van der Waals surface area (Å²) in [5.41, 5.74) is 0. The highest BCUT2D eigenvalue weighted by Gasteiger charge is 2.35. The predicted molar refractivity (Wildman–Crippen MR) is 87.1 cm³/mol. The van der Waals surface area contributed by atoms with Gasteiger partial charge in [0.2, 0.25) is 5.91 Å². The molecule has 128 valence electrons. The van der Waals surface area contributed by atoms with E-state index in [1.165, 1.54) is 10.4 Å². The number of thiophene rings is 1. The number of halogens is 1. The molecule has 0 radical (unpaired) electrons. The summed E-state index contributed by atoms with van der Waals surface area (Å²) in [4.78, 5) is 14.0. The van der Waals surface area contributed by atoms with Gasteiger partial charge in [-0.3, -0.25) is 4.79 Å². The maximum atomic E-state index is 12.5. The second kappa shape index (κ2) is 6.66. The molecule has 10 heteroatoms. The molecular formula is C13H18ClN3O4S2. The third-order valence-electron chi connectivity index (χ3n) is 4.10. The molecule has 0 spiro atoms. The highest BCUT2D eigenvalue weighted by atomic mass is 35.5. The van der Waals surface area contributed by atoms with Crippen molar-refractivity contribution in [3.8, 4) is 0 Å². The van der Waals surface area contributed by atoms with E-state index in [0.29, 0.717) is 30.4 Å². The summed E-state index contributed by atoms with van der Waals surface area (Å²) in [5.74, 6) is -0.0715. The fourth-order valence-corrected chi connectivity index (χ4v) is 5.90. The van der Waals surface area contributed by atoms with Gasteiger partial charge >= 0.3 is 0 Å². The number of amides is 1. The van der Waals surface area contributed by atoms with Crippen LogP contribution in [0.1, 0.15) is 6.42 Å². The lowest BCUT2D eigenvalue weighted by Crippen LogP contribution is -2.54. The van der Waals surface area contributed by atoms with Gasteiger partial charge in [-0.05, 0) is 18.6 Å². The van der Waals surface area contributed by atoms with E-state index in [-0.39, 0.29) is 29.2 Å². The Morgan fingerprint density at radius 2 is 2.00 bits per heavy atom. The average molecular weight is 380 g/mol. The SMILES string of the molecule is O=C(C1CC(O)CN1)N1CCN(S(=O)(=O)c2ccc(Cl)s2)CC1. The lowest BCUT2D eigenvalue weighted by Gasteiger charge is -2.35. The van der Waals surface area contributed by atoms with Crippen LogP contribution in [0.3, 0.4) is 0 Å². The zero-order valence-corrected chi connectivity index (χ0v) is 14.7. The number of β-amino-alcohol motifs (C(OH)–C–C–N with tert-alkyl or cyclic N) is 1. The number of hydrogen-bond acceptors (Lipinski definition) is 6. The number of rotatable bonds is 3. The maximum Gasteiger partial charge on any atom is 0.252 e. The standard InChI is InChI=1S/C13H18ClN3O4S2/c14-11-1-2-12(22-11)23(20,21)17-5-3-16(4-6-17)13(19)10-7-9(18)8-15-10/h1-2,9-10,15,18H,3-8H2. The molecule has 1 aromatic heterocycles. The summed E-state index contributed by atoms with van der Waals surface area (Å²) in [5, 5.41) is 12.5. The monoisotopic (exact) mass is 379 g/mol. The van der Waals surface area contributed by atoms with Crippen LogP contribution in [0.4, 0.5) is 0 Å². The van der Waals surface area contributed by atoms with E-state index in [1.54, 1.807) is 11.0 Å². The lowest BCUT2D eigenvalue weighted by atomic mass is 10.1. The smallest absolute Gasteiger partial charge is 0.252 e. The molecule has 2 aliphatic rings. The Labute approximate surface area is 143 Å². The minimum absolute atomic E-state index is 0.0715. The summed E-state index contributed by atoms with van der Waals surface area (Å²) in [6, 6.07) is 2.70. The third-order valence-corrected chi connectivity index (χ3v) is 7.70. The summed E-state index contributed by atoms with van der Waals surface area (Å²) in [6.07, 6.45) is -0.0837. The molecule has 2 saturated heterocycles. The van der Waals surface area contributed by atoms with Crippen LogP contribution in [-0.4, -0.2) is 73.5 Å². The van der Waals surface area contributed by atoms with Crippen LogP contribution in [-0.2, 0) is 14.8 Å². The van der Waals surface area contributed by atoms with Gasteiger partial charge in [0.1, 0.15) is 4.21 Å². The molecule has 0 bridgehead atoms. The van der Waals surface area contributed by atoms with E-state index >= 15 is 0 Å². The Balaban J connectivity index is 1.61. The van der Waals surface area contributed by atoms with Crippen LogP contribution in [0.2, 0.25) is 4.34 Å². The van der Waals surface area contributed by atoms with Crippen molar-refractivity contribution in [3.63, 3.8) is 0 Å². The van der Waals surface area contributed by atoms with Crippen LogP contribution in [0.25, 0.3) is 0 Å². The van der Waals surface area contributed by atoms with Gasteiger partial charge in [-0.1, -0.05) is 11.6 Å². The second-order valence-corrected chi connectivity index (χ2v) is 9.52. The number of nitrogens with one attached hydrogen (secondary N) is 1. The third kappa shape index (κ3) is 3.54. The fraction of sp³-hybridized carbons (Fsp3) is 0.615. The molecule has 7 nitrogen and oxygen atoms in total. The Bertz CT molecular complexity index is 685. The summed E-state index contributed by atoms with van der Waals surface area (Å²) >= 11 is 6.84. The van der Waals surface area contributed by atoms with E-state index in [0.717, 1.165) is 11.3 Å². The van der Waals surface area contributed by atoms with Crippen molar-refractivity contribution in [2.75, 3.05) is 32.7 Å². The van der Waals surface area contributed by atoms with Gasteiger partial charge in [0.25, 0.3) is 10.0 Å². The van der Waals surface area contributed by atoms with Crippen molar-refractivity contribution >= 4 is 38.9 Å². The van der Waals surface area contributed by atoms with Gasteiger partial charge in [0.05, 0.1) is 16.5 Å². The Kier molecular flexibility index (Phi) is 4.96. The van der Waals surface area contributed by atoms with Gasteiger partial charge in [-0.15, -0.1) is 11.3 Å². The topological polar surface area (TPSA) is 89.9 Å². The molecule has 2 unspecified atom stereocenters. The van der Waals surface area contributed by atoms with Gasteiger partial charge in [0.15, 0.2) is 0 Å². The zero-order chi connectivity index (χ0) is 16.6. The first kappa shape index (κ1) is 17.1. The second-order valence-electron chi connectivity index (χ2n) is 5.64. The Morgan fingerprint density at radius 3 is 2.52 bits per heavy atom. The van der Waals surface area contributed by atoms with E-state index in [9.17, 15) is 18.3 Å². The van der Waals surface area contributed by atoms with Crippen LogP contribution < -0.4 is 5.32 Å².